The third-order valence-corrected chi connectivity index (χ3v) is 5.76. The Balaban J connectivity index is 1.66. The summed E-state index contributed by atoms with van der Waals surface area (Å²) in [5.74, 6) is 1.19. The second-order valence-corrected chi connectivity index (χ2v) is 7.21. The van der Waals surface area contributed by atoms with Gasteiger partial charge in [0.15, 0.2) is 0 Å². The van der Waals surface area contributed by atoms with Crippen LogP contribution in [0.2, 0.25) is 0 Å². The van der Waals surface area contributed by atoms with Crippen LogP contribution in [-0.2, 0) is 24.3 Å². The zero-order valence-electron chi connectivity index (χ0n) is 15.8. The highest BCUT2D eigenvalue weighted by Gasteiger charge is 2.48. The number of fused-ring (bicyclic) bond motifs is 1. The Hall–Kier alpha value is -2.60. The average molecular weight is 367 g/mol. The molecule has 1 aromatic heterocycles. The third-order valence-electron chi connectivity index (χ3n) is 5.76. The quantitative estimate of drug-likeness (QED) is 0.898. The van der Waals surface area contributed by atoms with Gasteiger partial charge in [-0.15, -0.1) is 0 Å². The van der Waals surface area contributed by atoms with Crippen molar-refractivity contribution in [2.75, 3.05) is 20.8 Å². The molecule has 1 amide bonds. The van der Waals surface area contributed by atoms with Crippen LogP contribution in [0.3, 0.4) is 0 Å². The molecule has 1 N–H and O–H groups in total. The molecule has 6 nitrogen and oxygen atoms in total. The van der Waals surface area contributed by atoms with E-state index in [1.807, 2.05) is 18.2 Å². The van der Waals surface area contributed by atoms with Gasteiger partial charge >= 0.3 is 0 Å². The number of aromatic nitrogens is 1. The van der Waals surface area contributed by atoms with Crippen LogP contribution in [-0.4, -0.2) is 42.1 Å². The van der Waals surface area contributed by atoms with Gasteiger partial charge in [-0.2, -0.15) is 4.98 Å². The number of nitrogens with one attached hydrogen (secondary N) is 1. The molecular weight excluding hydrogens is 342 g/mol. The van der Waals surface area contributed by atoms with Crippen LogP contribution in [0, 0.1) is 0 Å². The summed E-state index contributed by atoms with van der Waals surface area (Å²) in [6, 6.07) is 12.1. The van der Waals surface area contributed by atoms with Gasteiger partial charge < -0.3 is 14.8 Å². The van der Waals surface area contributed by atoms with E-state index in [2.05, 4.69) is 33.4 Å². The SMILES string of the molecule is COc1ccc(CN2CCCC23Cc2ccccc2CNC3=O)c(OC)n1. The molecule has 2 aromatic rings. The minimum absolute atomic E-state index is 0.122. The Morgan fingerprint density at radius 1 is 1.15 bits per heavy atom. The molecule has 3 heterocycles. The second kappa shape index (κ2) is 7.19. The van der Waals surface area contributed by atoms with Crippen molar-refractivity contribution in [3.63, 3.8) is 0 Å². The molecule has 1 fully saturated rings. The van der Waals surface area contributed by atoms with Crippen molar-refractivity contribution < 1.29 is 14.3 Å². The molecule has 2 aliphatic rings. The van der Waals surface area contributed by atoms with Gasteiger partial charge in [-0.1, -0.05) is 24.3 Å². The molecule has 27 heavy (non-hydrogen) atoms. The van der Waals surface area contributed by atoms with E-state index in [1.165, 1.54) is 11.1 Å². The highest BCUT2D eigenvalue weighted by Crippen LogP contribution is 2.37. The molecule has 1 aromatic carbocycles. The summed E-state index contributed by atoms with van der Waals surface area (Å²) < 4.78 is 10.7. The summed E-state index contributed by atoms with van der Waals surface area (Å²) in [6.45, 7) is 2.10. The lowest BCUT2D eigenvalue weighted by molar-refractivity contribution is -0.132. The topological polar surface area (TPSA) is 63.7 Å². The molecule has 4 rings (SSSR count). The van der Waals surface area contributed by atoms with Crippen molar-refractivity contribution in [1.82, 2.24) is 15.2 Å². The highest BCUT2D eigenvalue weighted by molar-refractivity contribution is 5.87. The van der Waals surface area contributed by atoms with E-state index in [9.17, 15) is 4.79 Å². The van der Waals surface area contributed by atoms with E-state index in [0.717, 1.165) is 31.4 Å². The van der Waals surface area contributed by atoms with Gasteiger partial charge in [0.25, 0.3) is 0 Å². The molecule has 1 atom stereocenters. The average Bonchev–Trinajstić information content (AvgIpc) is 3.03. The first-order valence-electron chi connectivity index (χ1n) is 9.34. The third kappa shape index (κ3) is 3.14. The van der Waals surface area contributed by atoms with Gasteiger partial charge in [0.05, 0.1) is 14.2 Å². The number of methoxy groups -OCH3 is 2. The Morgan fingerprint density at radius 2 is 1.96 bits per heavy atom. The monoisotopic (exact) mass is 367 g/mol. The van der Waals surface area contributed by atoms with Crippen molar-refractivity contribution in [1.29, 1.82) is 0 Å². The minimum Gasteiger partial charge on any atom is -0.481 e. The van der Waals surface area contributed by atoms with E-state index >= 15 is 0 Å². The molecule has 1 spiro atoms. The zero-order chi connectivity index (χ0) is 18.9. The normalized spacial score (nSPS) is 22.2. The first kappa shape index (κ1) is 17.8. The van der Waals surface area contributed by atoms with E-state index in [-0.39, 0.29) is 5.91 Å². The number of benzene rings is 1. The van der Waals surface area contributed by atoms with Crippen LogP contribution in [0.5, 0.6) is 11.8 Å². The van der Waals surface area contributed by atoms with E-state index < -0.39 is 5.54 Å². The Morgan fingerprint density at radius 3 is 2.74 bits per heavy atom. The molecule has 0 aliphatic carbocycles. The number of amides is 1. The van der Waals surface area contributed by atoms with Crippen LogP contribution in [0.4, 0.5) is 0 Å². The van der Waals surface area contributed by atoms with E-state index in [0.29, 0.717) is 24.8 Å². The van der Waals surface area contributed by atoms with Gasteiger partial charge in [0.2, 0.25) is 17.7 Å². The number of pyridine rings is 1. The van der Waals surface area contributed by atoms with Crippen LogP contribution in [0.25, 0.3) is 0 Å². The zero-order valence-corrected chi connectivity index (χ0v) is 15.8. The smallest absolute Gasteiger partial charge is 0.241 e. The van der Waals surface area contributed by atoms with Gasteiger partial charge in [0.1, 0.15) is 5.54 Å². The summed E-state index contributed by atoms with van der Waals surface area (Å²) >= 11 is 0. The molecule has 1 unspecified atom stereocenters. The van der Waals surface area contributed by atoms with Gasteiger partial charge in [-0.3, -0.25) is 9.69 Å². The summed E-state index contributed by atoms with van der Waals surface area (Å²) in [6.07, 6.45) is 2.60. The first-order valence-corrected chi connectivity index (χ1v) is 9.34. The number of likely N-dealkylation sites (tertiary alicyclic amines) is 1. The fraction of sp³-hybridized carbons (Fsp3) is 0.429. The van der Waals surface area contributed by atoms with Crippen LogP contribution in [0.1, 0.15) is 29.5 Å². The second-order valence-electron chi connectivity index (χ2n) is 7.21. The predicted octanol–water partition coefficient (Wildman–Crippen LogP) is 2.31. The van der Waals surface area contributed by atoms with Gasteiger partial charge in [-0.05, 0) is 36.6 Å². The lowest BCUT2D eigenvalue weighted by Gasteiger charge is -2.36. The largest absolute Gasteiger partial charge is 0.481 e. The molecule has 0 saturated carbocycles. The molecule has 1 saturated heterocycles. The first-order chi connectivity index (χ1) is 13.2. The lowest BCUT2D eigenvalue weighted by atomic mass is 9.86. The van der Waals surface area contributed by atoms with Crippen LogP contribution >= 0.6 is 0 Å². The summed E-state index contributed by atoms with van der Waals surface area (Å²) in [5, 5.41) is 3.15. The van der Waals surface area contributed by atoms with Crippen LogP contribution in [0.15, 0.2) is 36.4 Å². The van der Waals surface area contributed by atoms with Crippen molar-refractivity contribution in [3.05, 3.63) is 53.1 Å². The molecule has 6 heteroatoms. The van der Waals surface area contributed by atoms with E-state index in [1.54, 1.807) is 14.2 Å². The Labute approximate surface area is 159 Å². The van der Waals surface area contributed by atoms with Crippen LogP contribution < -0.4 is 14.8 Å². The molecule has 2 aliphatic heterocycles. The maximum atomic E-state index is 13.1. The maximum absolute atomic E-state index is 13.1. The number of rotatable bonds is 4. The van der Waals surface area contributed by atoms with E-state index in [4.69, 9.17) is 9.47 Å². The van der Waals surface area contributed by atoms with Gasteiger partial charge in [0, 0.05) is 31.1 Å². The molecular formula is C21H25N3O3. The number of nitrogens with zero attached hydrogens (tertiary/aromatic N) is 2. The van der Waals surface area contributed by atoms with Crippen molar-refractivity contribution in [2.24, 2.45) is 0 Å². The fourth-order valence-electron chi connectivity index (χ4n) is 4.33. The van der Waals surface area contributed by atoms with Crippen molar-refractivity contribution in [2.45, 2.75) is 37.9 Å². The summed E-state index contributed by atoms with van der Waals surface area (Å²) in [5.41, 5.74) is 2.91. The standard InChI is InChI=1S/C21H25N3O3/c1-26-18-9-8-17(19(23-18)27-2)14-24-11-5-10-21(24)12-15-6-3-4-7-16(15)13-22-20(21)25/h3-4,6-9H,5,10-14H2,1-2H3,(H,22,25). The highest BCUT2D eigenvalue weighted by atomic mass is 16.5. The Bertz CT molecular complexity index is 854. The number of ether oxygens (including phenoxy) is 2. The molecule has 0 radical (unpaired) electrons. The summed E-state index contributed by atoms with van der Waals surface area (Å²) in [4.78, 5) is 19.8. The van der Waals surface area contributed by atoms with Crippen molar-refractivity contribution >= 4 is 5.91 Å². The number of hydrogen-bond donors (Lipinski definition) is 1. The lowest BCUT2D eigenvalue weighted by Crippen LogP contribution is -2.55. The van der Waals surface area contributed by atoms with Gasteiger partial charge in [-0.25, -0.2) is 0 Å². The number of carbonyl (C=O) groups excluding carboxylic acids is 1. The minimum atomic E-state index is -0.516. The fourth-order valence-corrected chi connectivity index (χ4v) is 4.33. The Kier molecular flexibility index (Phi) is 4.74. The molecule has 0 bridgehead atoms. The maximum Gasteiger partial charge on any atom is 0.241 e. The number of hydrogen-bond acceptors (Lipinski definition) is 5. The number of carbonyl (C=O) groups is 1. The molecule has 142 valence electrons. The predicted molar refractivity (Wildman–Crippen MR) is 102 cm³/mol. The van der Waals surface area contributed by atoms with Crippen molar-refractivity contribution in [3.8, 4) is 11.8 Å². The summed E-state index contributed by atoms with van der Waals surface area (Å²) in [7, 11) is 3.20.